The number of likely N-dealkylation sites (tertiary alicyclic amines) is 1. The second-order valence-electron chi connectivity index (χ2n) is 7.02. The maximum Gasteiger partial charge on any atom is 0.409 e. The van der Waals surface area contributed by atoms with Crippen molar-refractivity contribution in [3.63, 3.8) is 0 Å². The predicted molar refractivity (Wildman–Crippen MR) is 97.3 cm³/mol. The van der Waals surface area contributed by atoms with E-state index in [9.17, 15) is 14.4 Å². The number of piperidine rings is 2. The van der Waals surface area contributed by atoms with E-state index < -0.39 is 5.43 Å². The van der Waals surface area contributed by atoms with E-state index in [0.717, 1.165) is 32.2 Å². The summed E-state index contributed by atoms with van der Waals surface area (Å²) in [5.41, 5.74) is 0.291. The summed E-state index contributed by atoms with van der Waals surface area (Å²) in [6, 6.07) is 0.399. The molecular formula is C18H27N3O4. The summed E-state index contributed by atoms with van der Waals surface area (Å²) < 4.78 is 5.02. The first-order valence-corrected chi connectivity index (χ1v) is 9.31. The zero-order valence-corrected chi connectivity index (χ0v) is 15.0. The zero-order chi connectivity index (χ0) is 18.0. The Morgan fingerprint density at radius 2 is 1.84 bits per heavy atom. The molecule has 138 valence electrons. The van der Waals surface area contributed by atoms with Gasteiger partial charge in [0.2, 0.25) is 0 Å². The van der Waals surface area contributed by atoms with Crippen molar-refractivity contribution < 1.29 is 9.53 Å². The van der Waals surface area contributed by atoms with Crippen molar-refractivity contribution in [2.45, 2.75) is 58.0 Å². The first-order valence-electron chi connectivity index (χ1n) is 9.31. The van der Waals surface area contributed by atoms with E-state index in [1.54, 1.807) is 11.8 Å². The highest BCUT2D eigenvalue weighted by Crippen LogP contribution is 2.29. The normalized spacial score (nSPS) is 22.2. The van der Waals surface area contributed by atoms with Crippen LogP contribution < -0.4 is 21.1 Å². The minimum atomic E-state index is -0.402. The van der Waals surface area contributed by atoms with Crippen LogP contribution in [-0.2, 0) is 4.74 Å². The molecule has 2 aliphatic rings. The van der Waals surface area contributed by atoms with Gasteiger partial charge in [-0.25, -0.2) is 4.79 Å². The van der Waals surface area contributed by atoms with Crippen molar-refractivity contribution in [2.24, 2.45) is 0 Å². The summed E-state index contributed by atoms with van der Waals surface area (Å²) in [4.78, 5) is 39.7. The minimum absolute atomic E-state index is 0.104. The molecule has 0 bridgehead atoms. The molecule has 1 amide bonds. The highest BCUT2D eigenvalue weighted by atomic mass is 16.6. The van der Waals surface area contributed by atoms with Crippen molar-refractivity contribution in [3.05, 3.63) is 20.4 Å². The van der Waals surface area contributed by atoms with Gasteiger partial charge in [-0.2, -0.15) is 0 Å². The van der Waals surface area contributed by atoms with Gasteiger partial charge in [0.25, 0.3) is 10.9 Å². The van der Waals surface area contributed by atoms with Crippen LogP contribution in [0.1, 0.15) is 46.0 Å². The van der Waals surface area contributed by atoms with Gasteiger partial charge in [0.15, 0.2) is 0 Å². The third-order valence-corrected chi connectivity index (χ3v) is 5.34. The Morgan fingerprint density at radius 3 is 2.48 bits per heavy atom. The van der Waals surface area contributed by atoms with Crippen molar-refractivity contribution in [1.82, 2.24) is 4.90 Å². The predicted octanol–water partition coefficient (Wildman–Crippen LogP) is 1.69. The topological polar surface area (TPSA) is 79.0 Å². The van der Waals surface area contributed by atoms with Crippen LogP contribution in [0, 0.1) is 0 Å². The van der Waals surface area contributed by atoms with E-state index in [4.69, 9.17) is 4.74 Å². The molecule has 2 saturated heterocycles. The van der Waals surface area contributed by atoms with E-state index in [2.05, 4.69) is 17.1 Å². The highest BCUT2D eigenvalue weighted by Gasteiger charge is 2.32. The summed E-state index contributed by atoms with van der Waals surface area (Å²) in [5.74, 6) is 0. The van der Waals surface area contributed by atoms with Gasteiger partial charge < -0.3 is 19.9 Å². The van der Waals surface area contributed by atoms with Crippen LogP contribution in [0.3, 0.4) is 0 Å². The maximum absolute atomic E-state index is 12.1. The number of amides is 1. The van der Waals surface area contributed by atoms with Crippen LogP contribution in [0.15, 0.2) is 9.59 Å². The Kier molecular flexibility index (Phi) is 5.30. The van der Waals surface area contributed by atoms with Crippen LogP contribution in [0.4, 0.5) is 16.2 Å². The Hall–Kier alpha value is -2.05. The average molecular weight is 349 g/mol. The summed E-state index contributed by atoms with van der Waals surface area (Å²) in [7, 11) is 0. The fourth-order valence-corrected chi connectivity index (χ4v) is 3.84. The molecule has 2 fully saturated rings. The summed E-state index contributed by atoms with van der Waals surface area (Å²) in [6.45, 7) is 6.31. The molecule has 1 aromatic carbocycles. The van der Waals surface area contributed by atoms with Crippen molar-refractivity contribution in [3.8, 4) is 0 Å². The van der Waals surface area contributed by atoms with Crippen molar-refractivity contribution in [2.75, 3.05) is 36.5 Å². The van der Waals surface area contributed by atoms with Gasteiger partial charge in [-0.05, 0) is 46.0 Å². The number of nitrogens with zero attached hydrogens (tertiary/aromatic N) is 2. The standard InChI is InChI=1S/C18H27N3O4/c1-3-25-18(24)20-10-7-13(8-11-20)19-14-15(17(23)16(14)22)21-9-5-4-6-12(21)2/h12-13,19H,3-11H2,1-2H3. The number of carbonyl (C=O) groups is 1. The fourth-order valence-electron chi connectivity index (χ4n) is 3.84. The number of hydrogen-bond acceptors (Lipinski definition) is 6. The molecule has 1 N–H and O–H groups in total. The van der Waals surface area contributed by atoms with Gasteiger partial charge >= 0.3 is 6.09 Å². The molecule has 3 rings (SSSR count). The Bertz CT molecular complexity index is 687. The van der Waals surface area contributed by atoms with Crippen LogP contribution in [0.25, 0.3) is 0 Å². The monoisotopic (exact) mass is 349 g/mol. The molecule has 7 heteroatoms. The smallest absolute Gasteiger partial charge is 0.409 e. The minimum Gasteiger partial charge on any atom is -0.450 e. The van der Waals surface area contributed by atoms with Gasteiger partial charge in [0, 0.05) is 31.7 Å². The van der Waals surface area contributed by atoms with Gasteiger partial charge in [0.05, 0.1) is 6.61 Å². The van der Waals surface area contributed by atoms with Gasteiger partial charge in [-0.1, -0.05) is 0 Å². The molecular weight excluding hydrogens is 322 g/mol. The molecule has 0 radical (unpaired) electrons. The Morgan fingerprint density at radius 1 is 1.12 bits per heavy atom. The Labute approximate surface area is 147 Å². The van der Waals surface area contributed by atoms with Gasteiger partial charge in [-0.15, -0.1) is 0 Å². The fraction of sp³-hybridized carbons (Fsp3) is 0.722. The average Bonchev–Trinajstić information content (AvgIpc) is 2.63. The van der Waals surface area contributed by atoms with Gasteiger partial charge in [0.1, 0.15) is 11.4 Å². The number of anilines is 2. The van der Waals surface area contributed by atoms with Crippen LogP contribution >= 0.6 is 0 Å². The molecule has 7 nitrogen and oxygen atoms in total. The third kappa shape index (κ3) is 3.50. The quantitative estimate of drug-likeness (QED) is 0.834. The molecule has 1 aromatic rings. The maximum atomic E-state index is 12.1. The first kappa shape index (κ1) is 17.8. The highest BCUT2D eigenvalue weighted by molar-refractivity contribution is 5.76. The van der Waals surface area contributed by atoms with Crippen LogP contribution in [-0.4, -0.2) is 49.3 Å². The molecule has 1 unspecified atom stereocenters. The molecule has 1 atom stereocenters. The summed E-state index contributed by atoms with van der Waals surface area (Å²) in [5, 5.41) is 3.28. The molecule has 0 saturated carbocycles. The lowest BCUT2D eigenvalue weighted by molar-refractivity contribution is 0.0983. The largest absolute Gasteiger partial charge is 0.450 e. The van der Waals surface area contributed by atoms with Crippen molar-refractivity contribution in [1.29, 1.82) is 0 Å². The first-order chi connectivity index (χ1) is 12.0. The second-order valence-corrected chi connectivity index (χ2v) is 7.02. The molecule has 0 aromatic heterocycles. The number of carbonyl (C=O) groups excluding carboxylic acids is 1. The molecule has 2 heterocycles. The number of nitrogens with one attached hydrogen (secondary N) is 1. The zero-order valence-electron chi connectivity index (χ0n) is 15.0. The van der Waals surface area contributed by atoms with Crippen LogP contribution in [0.2, 0.25) is 0 Å². The molecule has 2 aliphatic heterocycles. The summed E-state index contributed by atoms with van der Waals surface area (Å²) >= 11 is 0. The molecule has 0 spiro atoms. The number of hydrogen-bond donors (Lipinski definition) is 1. The number of rotatable bonds is 4. The van der Waals surface area contributed by atoms with E-state index >= 15 is 0 Å². The SMILES string of the molecule is CCOC(=O)N1CCC(Nc2c(N3CCCCC3C)c(=O)c2=O)CC1. The molecule has 0 aliphatic carbocycles. The van der Waals surface area contributed by atoms with E-state index in [1.807, 2.05) is 0 Å². The van der Waals surface area contributed by atoms with E-state index in [0.29, 0.717) is 37.1 Å². The van der Waals surface area contributed by atoms with Crippen molar-refractivity contribution >= 4 is 17.5 Å². The lowest BCUT2D eigenvalue weighted by atomic mass is 9.99. The lowest BCUT2D eigenvalue weighted by Gasteiger charge is -2.38. The molecule has 25 heavy (non-hydrogen) atoms. The van der Waals surface area contributed by atoms with Gasteiger partial charge in [-0.3, -0.25) is 9.59 Å². The lowest BCUT2D eigenvalue weighted by Crippen LogP contribution is -2.50. The van der Waals surface area contributed by atoms with E-state index in [-0.39, 0.29) is 17.6 Å². The Balaban J connectivity index is 1.63. The number of ether oxygens (including phenoxy) is 1. The van der Waals surface area contributed by atoms with Crippen LogP contribution in [0.5, 0.6) is 0 Å². The summed E-state index contributed by atoms with van der Waals surface area (Å²) in [6.07, 6.45) is 4.48. The van der Waals surface area contributed by atoms with E-state index in [1.165, 1.54) is 6.42 Å². The third-order valence-electron chi connectivity index (χ3n) is 5.34. The second kappa shape index (κ2) is 7.45.